The lowest BCUT2D eigenvalue weighted by Crippen LogP contribution is -2.30. The third-order valence-corrected chi connectivity index (χ3v) is 16.6. The number of hydrogen-bond donors (Lipinski definition) is 3. The number of hydrogen-bond acceptors (Lipinski definition) is 15. The fourth-order valence-electron chi connectivity index (χ4n) is 9.14. The Morgan fingerprint density at radius 2 is 0.702 bits per heavy atom. The Bertz CT molecular complexity index is 1740. The van der Waals surface area contributed by atoms with Crippen molar-refractivity contribution < 1.29 is 80.2 Å². The van der Waals surface area contributed by atoms with Gasteiger partial charge >= 0.3 is 39.5 Å². The van der Waals surface area contributed by atoms with Crippen LogP contribution in [0.4, 0.5) is 0 Å². The lowest BCUT2D eigenvalue weighted by molar-refractivity contribution is -0.161. The molecule has 0 radical (unpaired) electrons. The summed E-state index contributed by atoms with van der Waals surface area (Å²) >= 11 is 0. The van der Waals surface area contributed by atoms with Gasteiger partial charge in [-0.15, -0.1) is 0 Å². The van der Waals surface area contributed by atoms with E-state index in [-0.39, 0.29) is 25.7 Å². The van der Waals surface area contributed by atoms with Crippen LogP contribution in [0.2, 0.25) is 0 Å². The Kier molecular flexibility index (Phi) is 55.3. The molecule has 0 fully saturated rings. The second kappa shape index (κ2) is 57.0. The monoisotopic (exact) mass is 1240 g/mol. The third kappa shape index (κ3) is 57.3. The van der Waals surface area contributed by atoms with E-state index in [1.165, 1.54) is 89.9 Å². The van der Waals surface area contributed by atoms with E-state index in [1.807, 2.05) is 0 Å². The number of allylic oxidation sites excluding steroid dienone is 4. The highest BCUT2D eigenvalue weighted by molar-refractivity contribution is 7.47. The first-order valence-electron chi connectivity index (χ1n) is 33.3. The van der Waals surface area contributed by atoms with Crippen molar-refractivity contribution in [1.29, 1.82) is 0 Å². The molecule has 3 unspecified atom stereocenters. The van der Waals surface area contributed by atoms with Crippen LogP contribution in [0.25, 0.3) is 0 Å². The summed E-state index contributed by atoms with van der Waals surface area (Å²) in [5.74, 6) is -0.727. The number of esters is 4. The second-order valence-electron chi connectivity index (χ2n) is 23.5. The van der Waals surface area contributed by atoms with Crippen LogP contribution in [0, 0.1) is 11.8 Å². The number of phosphoric acid groups is 2. The fourth-order valence-corrected chi connectivity index (χ4v) is 10.7. The van der Waals surface area contributed by atoms with Gasteiger partial charge in [-0.2, -0.15) is 0 Å². The van der Waals surface area contributed by atoms with Gasteiger partial charge in [-0.3, -0.25) is 37.3 Å². The topological polar surface area (TPSA) is 237 Å². The first-order chi connectivity index (χ1) is 40.4. The summed E-state index contributed by atoms with van der Waals surface area (Å²) in [6.07, 6.45) is 42.7. The SMILES string of the molecule is CCCCCC/C=C\C=C/CCCCCCCC(=O)O[C@H](COC(=O)CCCCCCCCCCC(C)C)COP(=O)(O)OC[C@@H](O)COP(=O)(O)OC[C@@H](COC(=O)CCCCCCCCCC)OC(=O)CCCCCCCCC(C)CC. The van der Waals surface area contributed by atoms with Crippen LogP contribution in [-0.4, -0.2) is 96.7 Å². The highest BCUT2D eigenvalue weighted by Gasteiger charge is 2.30. The molecular formula is C65H122O17P2. The lowest BCUT2D eigenvalue weighted by atomic mass is 10.00. The molecule has 494 valence electrons. The lowest BCUT2D eigenvalue weighted by Gasteiger charge is -2.21. The van der Waals surface area contributed by atoms with Gasteiger partial charge in [0.15, 0.2) is 12.2 Å². The molecule has 0 rings (SSSR count). The summed E-state index contributed by atoms with van der Waals surface area (Å²) in [4.78, 5) is 72.2. The first kappa shape index (κ1) is 81.5. The largest absolute Gasteiger partial charge is 0.472 e. The Morgan fingerprint density at radius 3 is 1.07 bits per heavy atom. The first-order valence-corrected chi connectivity index (χ1v) is 36.3. The van der Waals surface area contributed by atoms with E-state index in [9.17, 15) is 43.2 Å². The minimum absolute atomic E-state index is 0.0840. The van der Waals surface area contributed by atoms with Crippen molar-refractivity contribution in [3.05, 3.63) is 24.3 Å². The van der Waals surface area contributed by atoms with E-state index < -0.39 is 97.5 Å². The molecule has 0 aliphatic rings. The van der Waals surface area contributed by atoms with Crippen LogP contribution in [0.1, 0.15) is 298 Å². The van der Waals surface area contributed by atoms with Crippen LogP contribution < -0.4 is 0 Å². The molecule has 0 aromatic heterocycles. The van der Waals surface area contributed by atoms with Crippen molar-refractivity contribution in [2.24, 2.45) is 11.8 Å². The molecule has 17 nitrogen and oxygen atoms in total. The standard InChI is InChI=1S/C65H122O17P2/c1-7-10-12-14-16-18-19-20-21-22-23-24-30-37-43-49-64(69)81-60(53-76-63(68)48-42-36-29-26-25-27-33-39-45-57(4)5)55-79-83(71,72)77-51-59(66)52-78-84(73,74)80-56-61(54-75-62(67)47-41-35-28-17-15-13-11-8-2)82-65(70)50-44-38-32-31-34-40-46-58(6)9-3/h18-21,57-61,66H,7-17,22-56H2,1-6H3,(H,71,72)(H,73,74)/b19-18-,21-20-/t58?,59-,60-,61-/m1/s1. The summed E-state index contributed by atoms with van der Waals surface area (Å²) in [7, 11) is -9.90. The van der Waals surface area contributed by atoms with Crippen molar-refractivity contribution >= 4 is 39.5 Å². The summed E-state index contributed by atoms with van der Waals surface area (Å²) < 4.78 is 67.9. The van der Waals surface area contributed by atoms with Crippen molar-refractivity contribution in [3.8, 4) is 0 Å². The number of aliphatic hydroxyl groups is 1. The molecule has 0 heterocycles. The van der Waals surface area contributed by atoms with Crippen LogP contribution in [0.5, 0.6) is 0 Å². The molecule has 0 bridgehead atoms. The molecule has 0 aliphatic carbocycles. The van der Waals surface area contributed by atoms with Gasteiger partial charge in [0.25, 0.3) is 0 Å². The maximum Gasteiger partial charge on any atom is 0.472 e. The predicted molar refractivity (Wildman–Crippen MR) is 335 cm³/mol. The second-order valence-corrected chi connectivity index (χ2v) is 26.4. The molecule has 6 atom stereocenters. The van der Waals surface area contributed by atoms with Gasteiger partial charge in [-0.1, -0.05) is 246 Å². The number of carbonyl (C=O) groups excluding carboxylic acids is 4. The van der Waals surface area contributed by atoms with Crippen molar-refractivity contribution in [2.75, 3.05) is 39.6 Å². The van der Waals surface area contributed by atoms with Gasteiger partial charge in [-0.25, -0.2) is 9.13 Å². The Labute approximate surface area is 510 Å². The third-order valence-electron chi connectivity index (χ3n) is 14.7. The molecule has 0 saturated heterocycles. The van der Waals surface area contributed by atoms with E-state index in [0.29, 0.717) is 25.7 Å². The molecular weight excluding hydrogens is 1110 g/mol. The summed E-state index contributed by atoms with van der Waals surface area (Å²) in [5.41, 5.74) is 0. The number of rotatable bonds is 62. The van der Waals surface area contributed by atoms with Crippen LogP contribution in [0.15, 0.2) is 24.3 Å². The fraction of sp³-hybridized carbons (Fsp3) is 0.877. The minimum atomic E-state index is -4.95. The van der Waals surface area contributed by atoms with E-state index in [4.69, 9.17) is 37.0 Å². The zero-order valence-electron chi connectivity index (χ0n) is 53.7. The Morgan fingerprint density at radius 1 is 0.393 bits per heavy atom. The molecule has 0 aromatic rings. The van der Waals surface area contributed by atoms with Gasteiger partial charge < -0.3 is 33.8 Å². The number of ether oxygens (including phenoxy) is 4. The van der Waals surface area contributed by atoms with Gasteiger partial charge in [0.05, 0.1) is 26.4 Å². The molecule has 0 amide bonds. The number of unbranched alkanes of at least 4 members (excludes halogenated alkanes) is 28. The highest BCUT2D eigenvalue weighted by atomic mass is 31.2. The summed E-state index contributed by atoms with van der Waals surface area (Å²) in [5, 5.41) is 10.5. The average Bonchev–Trinajstić information content (AvgIpc) is 3.50. The van der Waals surface area contributed by atoms with E-state index in [0.717, 1.165) is 127 Å². The molecule has 84 heavy (non-hydrogen) atoms. The Hall–Kier alpha value is -2.46. The van der Waals surface area contributed by atoms with E-state index in [1.54, 1.807) is 0 Å². The zero-order valence-corrected chi connectivity index (χ0v) is 55.5. The average molecular weight is 1240 g/mol. The van der Waals surface area contributed by atoms with Crippen LogP contribution >= 0.6 is 15.6 Å². The van der Waals surface area contributed by atoms with Gasteiger partial charge in [0.1, 0.15) is 19.3 Å². The van der Waals surface area contributed by atoms with Gasteiger partial charge in [0, 0.05) is 25.7 Å². The number of carbonyl (C=O) groups is 4. The van der Waals surface area contributed by atoms with Gasteiger partial charge in [0.2, 0.25) is 0 Å². The molecule has 0 saturated carbocycles. The summed E-state index contributed by atoms with van der Waals surface area (Å²) in [6, 6.07) is 0. The molecule has 0 aliphatic heterocycles. The van der Waals surface area contributed by atoms with Crippen LogP contribution in [-0.2, 0) is 65.4 Å². The smallest absolute Gasteiger partial charge is 0.462 e. The van der Waals surface area contributed by atoms with Crippen molar-refractivity contribution in [3.63, 3.8) is 0 Å². The van der Waals surface area contributed by atoms with E-state index >= 15 is 0 Å². The number of phosphoric ester groups is 2. The molecule has 0 spiro atoms. The van der Waals surface area contributed by atoms with E-state index in [2.05, 4.69) is 65.8 Å². The summed E-state index contributed by atoms with van der Waals surface area (Å²) in [6.45, 7) is 9.32. The van der Waals surface area contributed by atoms with Crippen LogP contribution in [0.3, 0.4) is 0 Å². The number of aliphatic hydroxyl groups excluding tert-OH is 1. The predicted octanol–water partition coefficient (Wildman–Crippen LogP) is 17.6. The highest BCUT2D eigenvalue weighted by Crippen LogP contribution is 2.45. The minimum Gasteiger partial charge on any atom is -0.462 e. The van der Waals surface area contributed by atoms with Gasteiger partial charge in [-0.05, 0) is 63.2 Å². The molecule has 0 aromatic carbocycles. The van der Waals surface area contributed by atoms with Crippen molar-refractivity contribution in [1.82, 2.24) is 0 Å². The Balaban J connectivity index is 5.27. The molecule has 3 N–H and O–H groups in total. The quantitative estimate of drug-likeness (QED) is 0.0169. The maximum atomic E-state index is 13.0. The maximum absolute atomic E-state index is 13.0. The molecule has 19 heteroatoms. The van der Waals surface area contributed by atoms with Crippen molar-refractivity contribution in [2.45, 2.75) is 317 Å². The zero-order chi connectivity index (χ0) is 62.2. The normalized spacial score (nSPS) is 14.8.